The van der Waals surface area contributed by atoms with Gasteiger partial charge in [0.15, 0.2) is 5.82 Å². The number of amides is 1. The highest BCUT2D eigenvalue weighted by Gasteiger charge is 2.28. The number of sulfonamides is 1. The van der Waals surface area contributed by atoms with E-state index in [1.807, 2.05) is 13.8 Å². The number of aryl methyl sites for hydroxylation is 1. The van der Waals surface area contributed by atoms with Crippen molar-refractivity contribution in [3.63, 3.8) is 0 Å². The van der Waals surface area contributed by atoms with Crippen LogP contribution >= 0.6 is 0 Å². The van der Waals surface area contributed by atoms with E-state index in [0.717, 1.165) is 12.1 Å². The Labute approximate surface area is 176 Å². The molecule has 1 aromatic carbocycles. The van der Waals surface area contributed by atoms with E-state index in [9.17, 15) is 17.6 Å². The van der Waals surface area contributed by atoms with Crippen molar-refractivity contribution in [2.45, 2.75) is 50.3 Å². The van der Waals surface area contributed by atoms with Gasteiger partial charge in [0.05, 0.1) is 4.90 Å². The predicted octanol–water partition coefficient (Wildman–Crippen LogP) is 2.58. The second kappa shape index (κ2) is 9.65. The van der Waals surface area contributed by atoms with Crippen LogP contribution in [0.25, 0.3) is 0 Å². The lowest BCUT2D eigenvalue weighted by molar-refractivity contribution is -0.131. The normalized spacial score (nSPS) is 16.1. The maximum absolute atomic E-state index is 13.1. The number of hydrogen-bond acceptors (Lipinski definition) is 6. The van der Waals surface area contributed by atoms with Crippen molar-refractivity contribution in [3.8, 4) is 0 Å². The molecule has 0 unspecified atom stereocenters. The summed E-state index contributed by atoms with van der Waals surface area (Å²) in [7, 11) is -3.71. The Morgan fingerprint density at radius 2 is 1.90 bits per heavy atom. The largest absolute Gasteiger partial charge is 0.341 e. The van der Waals surface area contributed by atoms with Crippen LogP contribution in [0, 0.1) is 5.82 Å². The fraction of sp³-hybridized carbons (Fsp3) is 0.550. The fourth-order valence-electron chi connectivity index (χ4n) is 3.29. The number of hydrogen-bond donors (Lipinski definition) is 0. The number of rotatable bonds is 7. The van der Waals surface area contributed by atoms with E-state index >= 15 is 0 Å². The summed E-state index contributed by atoms with van der Waals surface area (Å²) in [6, 6.07) is 4.80. The number of halogens is 1. The highest BCUT2D eigenvalue weighted by molar-refractivity contribution is 7.89. The molecule has 1 aromatic heterocycles. The second-order valence-electron chi connectivity index (χ2n) is 7.65. The standard InChI is InChI=1S/C20H27FN4O4S/c1-15(2)20-22-18(29-23-20)5-3-6-19(26)24-11-4-12-25(14-13-24)30(27,28)17-9-7-16(21)8-10-17/h7-10,15H,3-6,11-14H2,1-2H3. The van der Waals surface area contributed by atoms with Gasteiger partial charge in [0.25, 0.3) is 0 Å². The molecule has 3 rings (SSSR count). The summed E-state index contributed by atoms with van der Waals surface area (Å²) in [6.45, 7) is 5.34. The minimum absolute atomic E-state index is 0.0142. The average Bonchev–Trinajstić information content (AvgIpc) is 3.03. The maximum atomic E-state index is 13.1. The van der Waals surface area contributed by atoms with E-state index in [2.05, 4.69) is 10.1 Å². The monoisotopic (exact) mass is 438 g/mol. The van der Waals surface area contributed by atoms with Crippen LogP contribution in [-0.2, 0) is 21.2 Å². The average molecular weight is 439 g/mol. The highest BCUT2D eigenvalue weighted by Crippen LogP contribution is 2.19. The molecule has 8 nitrogen and oxygen atoms in total. The Kier molecular flexibility index (Phi) is 7.19. The third kappa shape index (κ3) is 5.42. The van der Waals surface area contributed by atoms with Crippen LogP contribution in [0.5, 0.6) is 0 Å². The Morgan fingerprint density at radius 3 is 2.57 bits per heavy atom. The predicted molar refractivity (Wildman–Crippen MR) is 108 cm³/mol. The van der Waals surface area contributed by atoms with Crippen LogP contribution in [-0.4, -0.2) is 59.8 Å². The Bertz CT molecular complexity index is 959. The lowest BCUT2D eigenvalue weighted by Crippen LogP contribution is -2.37. The molecular formula is C20H27FN4O4S. The third-order valence-corrected chi connectivity index (χ3v) is 6.95. The van der Waals surface area contributed by atoms with Gasteiger partial charge in [0, 0.05) is 44.9 Å². The minimum Gasteiger partial charge on any atom is -0.341 e. The molecule has 0 atom stereocenters. The molecule has 1 aliphatic heterocycles. The number of nitrogens with zero attached hydrogens (tertiary/aromatic N) is 4. The number of benzene rings is 1. The fourth-order valence-corrected chi connectivity index (χ4v) is 4.76. The molecule has 30 heavy (non-hydrogen) atoms. The molecule has 0 bridgehead atoms. The van der Waals surface area contributed by atoms with Crippen molar-refractivity contribution in [1.82, 2.24) is 19.3 Å². The first-order chi connectivity index (χ1) is 14.3. The third-order valence-electron chi connectivity index (χ3n) is 5.04. The van der Waals surface area contributed by atoms with Gasteiger partial charge in [0.2, 0.25) is 21.8 Å². The Balaban J connectivity index is 1.51. The molecule has 164 valence electrons. The van der Waals surface area contributed by atoms with Crippen molar-refractivity contribution >= 4 is 15.9 Å². The minimum atomic E-state index is -3.71. The molecule has 0 spiro atoms. The lowest BCUT2D eigenvalue weighted by Gasteiger charge is -2.22. The molecule has 10 heteroatoms. The molecule has 0 radical (unpaired) electrons. The summed E-state index contributed by atoms with van der Waals surface area (Å²) in [5.41, 5.74) is 0. The van der Waals surface area contributed by atoms with Gasteiger partial charge < -0.3 is 9.42 Å². The van der Waals surface area contributed by atoms with Crippen LogP contribution < -0.4 is 0 Å². The quantitative estimate of drug-likeness (QED) is 0.659. The van der Waals surface area contributed by atoms with Crippen LogP contribution in [0.15, 0.2) is 33.7 Å². The van der Waals surface area contributed by atoms with Crippen LogP contribution in [0.2, 0.25) is 0 Å². The molecule has 2 aromatic rings. The molecular weight excluding hydrogens is 411 g/mol. The van der Waals surface area contributed by atoms with Crippen molar-refractivity contribution in [2.75, 3.05) is 26.2 Å². The topological polar surface area (TPSA) is 96.6 Å². The summed E-state index contributed by atoms with van der Waals surface area (Å²) < 4.78 is 45.2. The lowest BCUT2D eigenvalue weighted by atomic mass is 10.2. The molecule has 2 heterocycles. The summed E-state index contributed by atoms with van der Waals surface area (Å²) in [5.74, 6) is 0.878. The first-order valence-electron chi connectivity index (χ1n) is 10.1. The summed E-state index contributed by atoms with van der Waals surface area (Å²) in [5, 5.41) is 3.91. The van der Waals surface area contributed by atoms with E-state index in [1.165, 1.54) is 16.4 Å². The van der Waals surface area contributed by atoms with Crippen LogP contribution in [0.3, 0.4) is 0 Å². The smallest absolute Gasteiger partial charge is 0.243 e. The Morgan fingerprint density at radius 1 is 1.17 bits per heavy atom. The summed E-state index contributed by atoms with van der Waals surface area (Å²) in [6.07, 6.45) is 2.01. The molecule has 1 fully saturated rings. The van der Waals surface area contributed by atoms with Gasteiger partial charge >= 0.3 is 0 Å². The van der Waals surface area contributed by atoms with Crippen molar-refractivity contribution in [1.29, 1.82) is 0 Å². The van der Waals surface area contributed by atoms with Gasteiger partial charge in [0.1, 0.15) is 5.82 Å². The highest BCUT2D eigenvalue weighted by atomic mass is 32.2. The van der Waals surface area contributed by atoms with Crippen LogP contribution in [0.1, 0.15) is 50.7 Å². The van der Waals surface area contributed by atoms with E-state index in [1.54, 1.807) is 4.90 Å². The number of carbonyl (C=O) groups is 1. The van der Waals surface area contributed by atoms with E-state index < -0.39 is 15.8 Å². The van der Waals surface area contributed by atoms with E-state index in [-0.39, 0.29) is 23.3 Å². The maximum Gasteiger partial charge on any atom is 0.243 e. The van der Waals surface area contributed by atoms with Crippen molar-refractivity contribution in [3.05, 3.63) is 41.8 Å². The van der Waals surface area contributed by atoms with E-state index in [0.29, 0.717) is 57.0 Å². The van der Waals surface area contributed by atoms with Gasteiger partial charge in [-0.05, 0) is 37.1 Å². The summed E-state index contributed by atoms with van der Waals surface area (Å²) >= 11 is 0. The first-order valence-corrected chi connectivity index (χ1v) is 11.6. The molecule has 0 saturated carbocycles. The molecule has 1 amide bonds. The summed E-state index contributed by atoms with van der Waals surface area (Å²) in [4.78, 5) is 18.6. The molecule has 1 aliphatic rings. The van der Waals surface area contributed by atoms with Crippen LogP contribution in [0.4, 0.5) is 4.39 Å². The zero-order valence-electron chi connectivity index (χ0n) is 17.3. The zero-order chi connectivity index (χ0) is 21.7. The van der Waals surface area contributed by atoms with Gasteiger partial charge in [-0.25, -0.2) is 12.8 Å². The van der Waals surface area contributed by atoms with E-state index in [4.69, 9.17) is 4.52 Å². The zero-order valence-corrected chi connectivity index (χ0v) is 18.1. The second-order valence-corrected chi connectivity index (χ2v) is 9.58. The van der Waals surface area contributed by atoms with Crippen molar-refractivity contribution in [2.24, 2.45) is 0 Å². The molecule has 1 saturated heterocycles. The van der Waals surface area contributed by atoms with Crippen molar-refractivity contribution < 1.29 is 22.1 Å². The molecule has 0 N–H and O–H groups in total. The van der Waals surface area contributed by atoms with Gasteiger partial charge in [-0.15, -0.1) is 0 Å². The SMILES string of the molecule is CC(C)c1noc(CCCC(=O)N2CCCN(S(=O)(=O)c3ccc(F)cc3)CC2)n1. The molecule has 0 aliphatic carbocycles. The number of carbonyl (C=O) groups excluding carboxylic acids is 1. The van der Waals surface area contributed by atoms with Gasteiger partial charge in [-0.3, -0.25) is 4.79 Å². The number of aromatic nitrogens is 2. The first kappa shape index (κ1) is 22.4. The Hall–Kier alpha value is -2.33. The van der Waals surface area contributed by atoms with Gasteiger partial charge in [-0.2, -0.15) is 9.29 Å². The van der Waals surface area contributed by atoms with Gasteiger partial charge in [-0.1, -0.05) is 19.0 Å².